The lowest BCUT2D eigenvalue weighted by atomic mass is 10.0. The minimum atomic E-state index is -4.82. The van der Waals surface area contributed by atoms with E-state index in [4.69, 9.17) is 4.55 Å². The average Bonchev–Trinajstić information content (AvgIpc) is 2.62. The van der Waals surface area contributed by atoms with Crippen molar-refractivity contribution in [3.8, 4) is 0 Å². The van der Waals surface area contributed by atoms with Crippen molar-refractivity contribution in [3.05, 3.63) is 0 Å². The molecule has 0 aliphatic carbocycles. The molecule has 4 amide bonds. The molecule has 2 aliphatic rings. The molecule has 0 aromatic rings. The van der Waals surface area contributed by atoms with E-state index in [2.05, 4.69) is 9.71 Å². The van der Waals surface area contributed by atoms with Gasteiger partial charge in [0.1, 0.15) is 6.04 Å². The molecule has 0 radical (unpaired) electrons. The highest BCUT2D eigenvalue weighted by Gasteiger charge is 2.49. The number of hydroxylamine groups is 2. The van der Waals surface area contributed by atoms with Crippen molar-refractivity contribution in [2.75, 3.05) is 13.6 Å². The molecule has 0 aromatic heterocycles. The van der Waals surface area contributed by atoms with E-state index >= 15 is 0 Å². The first-order chi connectivity index (χ1) is 10.1. The van der Waals surface area contributed by atoms with E-state index in [0.29, 0.717) is 11.5 Å². The number of carbonyl (C=O) groups excluding carboxylic acids is 3. The van der Waals surface area contributed by atoms with Gasteiger partial charge < -0.3 is 4.90 Å². The van der Waals surface area contributed by atoms with Crippen LogP contribution in [0.1, 0.15) is 19.8 Å². The number of piperidine rings is 1. The van der Waals surface area contributed by atoms with Gasteiger partial charge in [-0.05, 0) is 12.8 Å². The zero-order valence-corrected chi connectivity index (χ0v) is 12.7. The lowest BCUT2D eigenvalue weighted by molar-refractivity contribution is -0.140. The normalized spacial score (nSPS) is 24.4. The number of nitrogens with one attached hydrogen (secondary N) is 1. The molecule has 2 heterocycles. The van der Waals surface area contributed by atoms with Gasteiger partial charge in [-0.3, -0.25) is 24.6 Å². The average molecular weight is 336 g/mol. The van der Waals surface area contributed by atoms with Gasteiger partial charge >= 0.3 is 16.4 Å². The van der Waals surface area contributed by atoms with Crippen molar-refractivity contribution in [1.82, 2.24) is 20.4 Å². The van der Waals surface area contributed by atoms with Gasteiger partial charge in [0.25, 0.3) is 5.91 Å². The fourth-order valence-electron chi connectivity index (χ4n) is 2.42. The van der Waals surface area contributed by atoms with Crippen molar-refractivity contribution >= 4 is 28.2 Å². The van der Waals surface area contributed by atoms with Gasteiger partial charge in [-0.2, -0.15) is 13.5 Å². The highest BCUT2D eigenvalue weighted by molar-refractivity contribution is 7.80. The largest absolute Gasteiger partial charge is 0.418 e. The number of hydrazine groups is 1. The number of carbonyl (C=O) groups is 3. The van der Waals surface area contributed by atoms with Crippen LogP contribution in [0.15, 0.2) is 0 Å². The number of rotatable bonds is 3. The molecule has 124 valence electrons. The first kappa shape index (κ1) is 16.5. The standard InChI is InChI=1S/C10H16N4O7S/c1-6(15)12(2)11-9(16)8-4-3-7-5-13(8)10(17)14(7)21-22(18,19)20/h7-8H,3-5H2,1-2H3,(H,11,16)(H,18,19,20)/t7-,8+/m0/s1. The molecule has 2 bridgehead atoms. The molecule has 2 fully saturated rings. The molecule has 2 N–H and O–H groups in total. The molecule has 0 saturated carbocycles. The maximum absolute atomic E-state index is 12.1. The number of amides is 4. The third kappa shape index (κ3) is 3.28. The Bertz CT molecular complexity index is 606. The summed E-state index contributed by atoms with van der Waals surface area (Å²) in [6.07, 6.45) is 0.596. The Morgan fingerprint density at radius 2 is 2.05 bits per heavy atom. The van der Waals surface area contributed by atoms with Crippen molar-refractivity contribution in [2.45, 2.75) is 31.8 Å². The maximum Gasteiger partial charge on any atom is 0.418 e. The van der Waals surface area contributed by atoms with Crippen LogP contribution in [0.5, 0.6) is 0 Å². The Balaban J connectivity index is 2.09. The second kappa shape index (κ2) is 5.70. The molecule has 22 heavy (non-hydrogen) atoms. The Hall–Kier alpha value is -1.92. The highest BCUT2D eigenvalue weighted by Crippen LogP contribution is 2.30. The van der Waals surface area contributed by atoms with Gasteiger partial charge in [0, 0.05) is 20.5 Å². The Labute approximate surface area is 126 Å². The van der Waals surface area contributed by atoms with Gasteiger partial charge in [-0.15, -0.1) is 4.28 Å². The Morgan fingerprint density at radius 3 is 2.59 bits per heavy atom. The van der Waals surface area contributed by atoms with E-state index < -0.39 is 34.4 Å². The molecular formula is C10H16N4O7S. The fraction of sp³-hybridized carbons (Fsp3) is 0.700. The molecule has 0 unspecified atom stereocenters. The van der Waals surface area contributed by atoms with E-state index in [0.717, 1.165) is 9.91 Å². The Kier molecular flexibility index (Phi) is 4.26. The summed E-state index contributed by atoms with van der Waals surface area (Å²) in [7, 11) is -3.46. The van der Waals surface area contributed by atoms with Gasteiger partial charge in [0.15, 0.2) is 0 Å². The van der Waals surface area contributed by atoms with E-state index in [9.17, 15) is 22.8 Å². The molecule has 2 rings (SSSR count). The molecule has 12 heteroatoms. The predicted molar refractivity (Wildman–Crippen MR) is 70.0 cm³/mol. The molecule has 2 aliphatic heterocycles. The first-order valence-electron chi connectivity index (χ1n) is 6.42. The van der Waals surface area contributed by atoms with E-state index in [-0.39, 0.29) is 18.9 Å². The first-order valence-corrected chi connectivity index (χ1v) is 7.78. The SMILES string of the molecule is CC(=O)N(C)NC(=O)[C@H]1CC[C@H]2CN1C(=O)N2OS(=O)(=O)O. The van der Waals surface area contributed by atoms with Gasteiger partial charge in [-0.1, -0.05) is 0 Å². The lowest BCUT2D eigenvalue weighted by Crippen LogP contribution is -2.54. The zero-order valence-electron chi connectivity index (χ0n) is 11.9. The van der Waals surface area contributed by atoms with Crippen LogP contribution in [-0.2, 0) is 24.3 Å². The van der Waals surface area contributed by atoms with Crippen molar-refractivity contribution < 1.29 is 31.6 Å². The van der Waals surface area contributed by atoms with Gasteiger partial charge in [0.2, 0.25) is 5.91 Å². The van der Waals surface area contributed by atoms with Gasteiger partial charge in [0.05, 0.1) is 6.04 Å². The van der Waals surface area contributed by atoms with Crippen molar-refractivity contribution in [1.29, 1.82) is 0 Å². The molecule has 2 atom stereocenters. The summed E-state index contributed by atoms with van der Waals surface area (Å²) < 4.78 is 34.4. The minimum Gasteiger partial charge on any atom is -0.309 e. The van der Waals surface area contributed by atoms with Crippen LogP contribution in [-0.4, -0.2) is 71.5 Å². The monoisotopic (exact) mass is 336 g/mol. The molecule has 2 saturated heterocycles. The summed E-state index contributed by atoms with van der Waals surface area (Å²) >= 11 is 0. The fourth-order valence-corrected chi connectivity index (χ4v) is 2.81. The van der Waals surface area contributed by atoms with E-state index in [1.807, 2.05) is 0 Å². The second-order valence-corrected chi connectivity index (χ2v) is 6.07. The summed E-state index contributed by atoms with van der Waals surface area (Å²) in [6, 6.07) is -2.24. The van der Waals surface area contributed by atoms with E-state index in [1.165, 1.54) is 14.0 Å². The lowest BCUT2D eigenvalue weighted by Gasteiger charge is -2.30. The summed E-state index contributed by atoms with van der Waals surface area (Å²) in [5.41, 5.74) is 2.34. The summed E-state index contributed by atoms with van der Waals surface area (Å²) in [5, 5.41) is 1.54. The Morgan fingerprint density at radius 1 is 1.41 bits per heavy atom. The summed E-state index contributed by atoms with van der Waals surface area (Å²) in [6.45, 7) is 1.36. The highest BCUT2D eigenvalue weighted by atomic mass is 32.3. The zero-order chi connectivity index (χ0) is 16.7. The molecule has 0 spiro atoms. The van der Waals surface area contributed by atoms with Crippen LogP contribution < -0.4 is 5.43 Å². The van der Waals surface area contributed by atoms with Crippen LogP contribution in [0.2, 0.25) is 0 Å². The quantitative estimate of drug-likeness (QED) is 0.472. The van der Waals surface area contributed by atoms with Crippen LogP contribution >= 0.6 is 0 Å². The number of hydrogen-bond donors (Lipinski definition) is 2. The van der Waals surface area contributed by atoms with Crippen LogP contribution in [0.25, 0.3) is 0 Å². The van der Waals surface area contributed by atoms with Crippen LogP contribution in [0.4, 0.5) is 4.79 Å². The summed E-state index contributed by atoms with van der Waals surface area (Å²) in [5.74, 6) is -0.940. The maximum atomic E-state index is 12.1. The number of urea groups is 1. The van der Waals surface area contributed by atoms with Crippen molar-refractivity contribution in [3.63, 3.8) is 0 Å². The van der Waals surface area contributed by atoms with E-state index in [1.54, 1.807) is 0 Å². The third-order valence-electron chi connectivity index (χ3n) is 3.55. The second-order valence-electron chi connectivity index (χ2n) is 5.06. The number of fused-ring (bicyclic) bond motifs is 2. The van der Waals surface area contributed by atoms with Crippen molar-refractivity contribution in [2.24, 2.45) is 0 Å². The smallest absolute Gasteiger partial charge is 0.309 e. The van der Waals surface area contributed by atoms with Gasteiger partial charge in [-0.25, -0.2) is 4.79 Å². The number of nitrogens with zero attached hydrogens (tertiary/aromatic N) is 3. The van der Waals surface area contributed by atoms with Crippen LogP contribution in [0, 0.1) is 0 Å². The molecular weight excluding hydrogens is 320 g/mol. The predicted octanol–water partition coefficient (Wildman–Crippen LogP) is -1.50. The summed E-state index contributed by atoms with van der Waals surface area (Å²) in [4.78, 5) is 36.4. The molecule has 11 nitrogen and oxygen atoms in total. The third-order valence-corrected chi connectivity index (χ3v) is 3.90. The number of hydrogen-bond acceptors (Lipinski definition) is 6. The minimum absolute atomic E-state index is 0.0935. The van der Waals surface area contributed by atoms with Crippen LogP contribution in [0.3, 0.4) is 0 Å². The molecule has 0 aromatic carbocycles. The topological polar surface area (TPSA) is 137 Å².